The maximum atomic E-state index is 11.4. The minimum Gasteiger partial charge on any atom is -0.496 e. The van der Waals surface area contributed by atoms with E-state index < -0.39 is 0 Å². The van der Waals surface area contributed by atoms with Gasteiger partial charge in [0.25, 0.3) is 0 Å². The molecule has 0 aliphatic carbocycles. The van der Waals surface area contributed by atoms with Crippen LogP contribution < -0.4 is 10.1 Å². The summed E-state index contributed by atoms with van der Waals surface area (Å²) >= 11 is 0. The van der Waals surface area contributed by atoms with Crippen molar-refractivity contribution < 1.29 is 9.53 Å². The maximum absolute atomic E-state index is 11.4. The molecule has 0 saturated heterocycles. The highest BCUT2D eigenvalue weighted by molar-refractivity contribution is 5.94. The Hall–Kier alpha value is -1.51. The number of rotatable bonds is 1. The van der Waals surface area contributed by atoms with Gasteiger partial charge in [0.15, 0.2) is 0 Å². The van der Waals surface area contributed by atoms with E-state index in [-0.39, 0.29) is 11.3 Å². The molecule has 0 unspecified atom stereocenters. The van der Waals surface area contributed by atoms with E-state index in [1.807, 2.05) is 6.07 Å². The second-order valence-electron chi connectivity index (χ2n) is 5.51. The molecule has 1 heterocycles. The summed E-state index contributed by atoms with van der Waals surface area (Å²) in [4.78, 5) is 11.4. The number of carbonyl (C=O) groups is 1. The first-order chi connectivity index (χ1) is 7.91. The van der Waals surface area contributed by atoms with Crippen LogP contribution in [0.15, 0.2) is 12.1 Å². The Bertz CT molecular complexity index is 458. The monoisotopic (exact) mass is 233 g/mol. The van der Waals surface area contributed by atoms with E-state index in [2.05, 4.69) is 32.2 Å². The normalized spacial score (nSPS) is 15.2. The van der Waals surface area contributed by atoms with Crippen LogP contribution >= 0.6 is 0 Å². The van der Waals surface area contributed by atoms with Crippen LogP contribution in [-0.2, 0) is 16.6 Å². The number of ether oxygens (including phenoxy) is 1. The van der Waals surface area contributed by atoms with Gasteiger partial charge in [0, 0.05) is 17.7 Å². The Morgan fingerprint density at radius 1 is 1.24 bits per heavy atom. The van der Waals surface area contributed by atoms with E-state index in [1.165, 1.54) is 0 Å². The van der Waals surface area contributed by atoms with Crippen molar-refractivity contribution in [2.75, 3.05) is 12.4 Å². The molecule has 0 bridgehead atoms. The van der Waals surface area contributed by atoms with Crippen molar-refractivity contribution >= 4 is 11.6 Å². The van der Waals surface area contributed by atoms with E-state index in [1.54, 1.807) is 7.11 Å². The summed E-state index contributed by atoms with van der Waals surface area (Å²) in [6, 6.07) is 4.10. The zero-order valence-electron chi connectivity index (χ0n) is 10.9. The van der Waals surface area contributed by atoms with Gasteiger partial charge in [-0.25, -0.2) is 0 Å². The lowest BCUT2D eigenvalue weighted by atomic mass is 9.84. The van der Waals surface area contributed by atoms with Gasteiger partial charge in [-0.1, -0.05) is 20.8 Å². The van der Waals surface area contributed by atoms with Crippen LogP contribution in [0.5, 0.6) is 5.75 Å². The lowest BCUT2D eigenvalue weighted by Gasteiger charge is -2.26. The second-order valence-corrected chi connectivity index (χ2v) is 5.51. The molecule has 0 aromatic heterocycles. The largest absolute Gasteiger partial charge is 0.496 e. The van der Waals surface area contributed by atoms with Gasteiger partial charge in [0.1, 0.15) is 5.75 Å². The third-order valence-electron chi connectivity index (χ3n) is 3.13. The lowest BCUT2D eigenvalue weighted by molar-refractivity contribution is -0.116. The molecule has 3 heteroatoms. The number of nitrogens with one attached hydrogen (secondary N) is 1. The lowest BCUT2D eigenvalue weighted by Crippen LogP contribution is -2.21. The van der Waals surface area contributed by atoms with Crippen molar-refractivity contribution in [1.82, 2.24) is 0 Å². The molecule has 1 amide bonds. The zero-order chi connectivity index (χ0) is 12.6. The molecule has 1 aliphatic heterocycles. The standard InChI is InChI=1S/C14H19NO2/c1-14(2,3)10-8-11-9(7-12(10)17-4)5-6-13(16)15-11/h7-8H,5-6H2,1-4H3,(H,15,16). The van der Waals surface area contributed by atoms with Gasteiger partial charge >= 0.3 is 0 Å². The first-order valence-corrected chi connectivity index (χ1v) is 5.93. The highest BCUT2D eigenvalue weighted by Gasteiger charge is 2.23. The number of hydrogen-bond donors (Lipinski definition) is 1. The Balaban J connectivity index is 2.53. The molecule has 3 nitrogen and oxygen atoms in total. The fraction of sp³-hybridized carbons (Fsp3) is 0.500. The molecule has 1 N–H and O–H groups in total. The van der Waals surface area contributed by atoms with E-state index in [0.717, 1.165) is 29.0 Å². The minimum absolute atomic E-state index is 0.00253. The Kier molecular flexibility index (Phi) is 2.86. The maximum Gasteiger partial charge on any atom is 0.224 e. The van der Waals surface area contributed by atoms with Gasteiger partial charge in [-0.2, -0.15) is 0 Å². The van der Waals surface area contributed by atoms with Crippen LogP contribution in [0.1, 0.15) is 38.3 Å². The Morgan fingerprint density at radius 2 is 1.94 bits per heavy atom. The summed E-state index contributed by atoms with van der Waals surface area (Å²) in [5.74, 6) is 1.01. The molecule has 0 atom stereocenters. The summed E-state index contributed by atoms with van der Waals surface area (Å²) in [5, 5.41) is 2.93. The third-order valence-corrected chi connectivity index (χ3v) is 3.13. The highest BCUT2D eigenvalue weighted by Crippen LogP contribution is 2.37. The first-order valence-electron chi connectivity index (χ1n) is 5.93. The quantitative estimate of drug-likeness (QED) is 0.810. The average molecular weight is 233 g/mol. The van der Waals surface area contributed by atoms with E-state index in [9.17, 15) is 4.79 Å². The SMILES string of the molecule is COc1cc2c(cc1C(C)(C)C)NC(=O)CC2. The Morgan fingerprint density at radius 3 is 2.53 bits per heavy atom. The number of aryl methyl sites for hydroxylation is 1. The van der Waals surface area contributed by atoms with Crippen LogP contribution in [0.25, 0.3) is 0 Å². The topological polar surface area (TPSA) is 38.3 Å². The summed E-state index contributed by atoms with van der Waals surface area (Å²) < 4.78 is 5.45. The molecule has 0 fully saturated rings. The van der Waals surface area contributed by atoms with E-state index in [0.29, 0.717) is 6.42 Å². The third kappa shape index (κ3) is 2.28. The van der Waals surface area contributed by atoms with Gasteiger partial charge in [-0.15, -0.1) is 0 Å². The van der Waals surface area contributed by atoms with Crippen LogP contribution in [0.3, 0.4) is 0 Å². The summed E-state index contributed by atoms with van der Waals surface area (Å²) in [5.41, 5.74) is 3.23. The molecule has 0 spiro atoms. The summed E-state index contributed by atoms with van der Waals surface area (Å²) in [6.07, 6.45) is 1.35. The number of hydrogen-bond acceptors (Lipinski definition) is 2. The molecular weight excluding hydrogens is 214 g/mol. The fourth-order valence-corrected chi connectivity index (χ4v) is 2.16. The van der Waals surface area contributed by atoms with Crippen LogP contribution in [0.4, 0.5) is 5.69 Å². The molecule has 1 aromatic rings. The summed E-state index contributed by atoms with van der Waals surface area (Å²) in [7, 11) is 1.69. The number of benzene rings is 1. The van der Waals surface area contributed by atoms with Crippen molar-refractivity contribution in [2.24, 2.45) is 0 Å². The van der Waals surface area contributed by atoms with Gasteiger partial charge in [0.05, 0.1) is 7.11 Å². The molecule has 1 aliphatic rings. The van der Waals surface area contributed by atoms with Crippen molar-refractivity contribution in [3.8, 4) is 5.75 Å². The number of methoxy groups -OCH3 is 1. The zero-order valence-corrected chi connectivity index (χ0v) is 10.9. The van der Waals surface area contributed by atoms with Gasteiger partial charge in [-0.05, 0) is 29.5 Å². The van der Waals surface area contributed by atoms with Gasteiger partial charge in [0.2, 0.25) is 5.91 Å². The first kappa shape index (κ1) is 12.0. The van der Waals surface area contributed by atoms with Crippen molar-refractivity contribution in [3.05, 3.63) is 23.3 Å². The van der Waals surface area contributed by atoms with Crippen LogP contribution in [-0.4, -0.2) is 13.0 Å². The van der Waals surface area contributed by atoms with Gasteiger partial charge in [-0.3, -0.25) is 4.79 Å². The van der Waals surface area contributed by atoms with Gasteiger partial charge < -0.3 is 10.1 Å². The Labute approximate surface area is 102 Å². The van der Waals surface area contributed by atoms with Crippen molar-refractivity contribution in [2.45, 2.75) is 39.0 Å². The van der Waals surface area contributed by atoms with Crippen LogP contribution in [0.2, 0.25) is 0 Å². The van der Waals surface area contributed by atoms with Crippen molar-refractivity contribution in [1.29, 1.82) is 0 Å². The molecule has 1 aromatic carbocycles. The molecule has 2 rings (SSSR count). The predicted molar refractivity (Wildman–Crippen MR) is 68.6 cm³/mol. The second kappa shape index (κ2) is 4.06. The molecule has 92 valence electrons. The fourth-order valence-electron chi connectivity index (χ4n) is 2.16. The number of anilines is 1. The highest BCUT2D eigenvalue weighted by atomic mass is 16.5. The number of fused-ring (bicyclic) bond motifs is 1. The number of carbonyl (C=O) groups excluding carboxylic acids is 1. The number of amides is 1. The van der Waals surface area contributed by atoms with E-state index in [4.69, 9.17) is 4.74 Å². The molecule has 0 saturated carbocycles. The van der Waals surface area contributed by atoms with Crippen molar-refractivity contribution in [3.63, 3.8) is 0 Å². The predicted octanol–water partition coefficient (Wildman–Crippen LogP) is 2.88. The van der Waals surface area contributed by atoms with E-state index >= 15 is 0 Å². The molecule has 0 radical (unpaired) electrons. The smallest absolute Gasteiger partial charge is 0.224 e. The average Bonchev–Trinajstić information content (AvgIpc) is 2.26. The molecule has 17 heavy (non-hydrogen) atoms. The van der Waals surface area contributed by atoms with Crippen LogP contribution in [0, 0.1) is 0 Å². The minimum atomic E-state index is 0.00253. The summed E-state index contributed by atoms with van der Waals surface area (Å²) in [6.45, 7) is 6.42. The molecular formula is C14H19NO2.